The Bertz CT molecular complexity index is 6280. The number of para-hydroxylation sites is 5. The van der Waals surface area contributed by atoms with Crippen LogP contribution in [0, 0.1) is 27.7 Å². The highest BCUT2D eigenvalue weighted by atomic mass is 15.2. The number of fused-ring (bicyclic) bond motifs is 1. The third-order valence-electron chi connectivity index (χ3n) is 24.3. The van der Waals surface area contributed by atoms with Gasteiger partial charge in [0.2, 0.25) is 17.1 Å². The molecule has 119 heavy (non-hydrogen) atoms. The summed E-state index contributed by atoms with van der Waals surface area (Å²) in [5, 5.41) is 0. The van der Waals surface area contributed by atoms with Crippen molar-refractivity contribution in [3.05, 3.63) is 354 Å². The number of rotatable bonds is 18. The molecule has 6 aromatic heterocycles. The van der Waals surface area contributed by atoms with Crippen molar-refractivity contribution in [2.75, 3.05) is 0 Å². The second-order valence-electron chi connectivity index (χ2n) is 34.4. The molecule has 0 aliphatic heterocycles. The molecule has 0 spiro atoms. The molecule has 9 nitrogen and oxygen atoms in total. The quantitative estimate of drug-likeness (QED) is 0.0768. The van der Waals surface area contributed by atoms with E-state index in [0.717, 1.165) is 0 Å². The molecule has 0 atom stereocenters. The third-order valence-corrected chi connectivity index (χ3v) is 24.3. The lowest BCUT2D eigenvalue weighted by molar-refractivity contribution is -0.660. The Balaban J connectivity index is 0.000000147. The second kappa shape index (κ2) is 35.4. The largest absolute Gasteiger partial charge is 0.295 e. The summed E-state index contributed by atoms with van der Waals surface area (Å²) >= 11 is 0. The van der Waals surface area contributed by atoms with Crippen LogP contribution < -0.4 is 27.4 Å². The smallest absolute Gasteiger partial charge is 0.232 e. The zero-order valence-corrected chi connectivity index (χ0v) is 74.3. The molecule has 16 aromatic rings. The second-order valence-corrected chi connectivity index (χ2v) is 34.4. The van der Waals surface area contributed by atoms with E-state index in [1.54, 1.807) is 0 Å². The van der Waals surface area contributed by atoms with Crippen LogP contribution in [-0.4, -0.2) is 13.7 Å². The Morgan fingerprint density at radius 1 is 0.252 bits per heavy atom. The van der Waals surface area contributed by atoms with Gasteiger partial charge in [-0.1, -0.05) is 259 Å². The Morgan fingerprint density at radius 3 is 0.950 bits per heavy atom. The first-order valence-corrected chi connectivity index (χ1v) is 42.7. The average molecular weight is 1570 g/mol. The molecule has 0 N–H and O–H groups in total. The Labute approximate surface area is 708 Å². The van der Waals surface area contributed by atoms with E-state index in [1.807, 2.05) is 0 Å². The number of nitrogens with zero attached hydrogens (tertiary/aromatic N) is 9. The number of aryl methyl sites for hydroxylation is 7. The minimum Gasteiger partial charge on any atom is -0.232 e. The molecule has 0 unspecified atom stereocenters. The SMILES string of the molecule is Cc1c(-c2ccc(-c3ccccc3)c[n+]2C)cccc1-c1n(-c2c(C(C)C)cccc2C(C)C)c2ccccc2[n+]1C.Cc1c(-c2ccc(-c3ccccc3)c[n+]2C)cccc1-c1n(-c2c(C(C)C)cccc2C(C)C)cc[n+]1C.Cc1cc(-c2cccc(-c3n(-c4c(C(C)C)cccc4C(C)C)cc[n+]3C)c2C)[n+](C)cc1-c1ccccc1. The highest BCUT2D eigenvalue weighted by molar-refractivity contribution is 5.84. The van der Waals surface area contributed by atoms with Gasteiger partial charge in [0, 0.05) is 85.0 Å². The third kappa shape index (κ3) is 16.4. The molecule has 600 valence electrons. The van der Waals surface area contributed by atoms with Crippen molar-refractivity contribution in [3.8, 4) is 118 Å². The summed E-state index contributed by atoms with van der Waals surface area (Å²) in [7, 11) is 13.0. The maximum Gasteiger partial charge on any atom is 0.295 e. The van der Waals surface area contributed by atoms with Crippen LogP contribution in [0.2, 0.25) is 0 Å². The molecule has 9 heteroatoms. The maximum absolute atomic E-state index is 2.53. The summed E-state index contributed by atoms with van der Waals surface area (Å²) < 4.78 is 21.0. The molecule has 10 aromatic carbocycles. The number of pyridine rings is 3. The predicted molar refractivity (Wildman–Crippen MR) is 494 cm³/mol. The zero-order valence-electron chi connectivity index (χ0n) is 74.3. The summed E-state index contributed by atoms with van der Waals surface area (Å²) in [6, 6.07) is 92.5. The van der Waals surface area contributed by atoms with Gasteiger partial charge < -0.3 is 0 Å². The first-order valence-electron chi connectivity index (χ1n) is 42.7. The van der Waals surface area contributed by atoms with Crippen LogP contribution in [0.3, 0.4) is 0 Å². The molecule has 16 rings (SSSR count). The Kier molecular flexibility index (Phi) is 24.7. The summed E-state index contributed by atoms with van der Waals surface area (Å²) in [5.41, 5.74) is 38.3. The highest BCUT2D eigenvalue weighted by Gasteiger charge is 2.35. The molecule has 6 heterocycles. The topological polar surface area (TPSA) is 38.1 Å². The fraction of sp³-hybridized carbons (Fsp3) is 0.255. The minimum atomic E-state index is 0.396. The molecular formula is C110H121N9+6. The summed E-state index contributed by atoms with van der Waals surface area (Å²) in [4.78, 5) is 0. The number of aromatic nitrogens is 9. The normalized spacial score (nSPS) is 11.6. The van der Waals surface area contributed by atoms with Crippen LogP contribution in [0.1, 0.15) is 174 Å². The van der Waals surface area contributed by atoms with E-state index in [4.69, 9.17) is 0 Å². The van der Waals surface area contributed by atoms with Gasteiger partial charge in [-0.05, 0) is 163 Å². The highest BCUT2D eigenvalue weighted by Crippen LogP contribution is 2.43. The molecule has 0 saturated heterocycles. The molecule has 0 fully saturated rings. The van der Waals surface area contributed by atoms with Crippen molar-refractivity contribution in [1.29, 1.82) is 0 Å². The first-order chi connectivity index (χ1) is 57.2. The van der Waals surface area contributed by atoms with Gasteiger partial charge in [-0.3, -0.25) is 0 Å². The molecule has 0 aliphatic rings. The van der Waals surface area contributed by atoms with E-state index in [9.17, 15) is 0 Å². The summed E-state index contributed by atoms with van der Waals surface area (Å²) in [6.07, 6.45) is 15.5. The molecule has 0 saturated carbocycles. The number of hydrogen-bond acceptors (Lipinski definition) is 0. The molecule has 0 radical (unpaired) electrons. The average Bonchev–Trinajstić information content (AvgIpc) is 1.61. The van der Waals surface area contributed by atoms with Crippen LogP contribution in [0.25, 0.3) is 129 Å². The first kappa shape index (κ1) is 83.0. The van der Waals surface area contributed by atoms with Crippen LogP contribution >= 0.6 is 0 Å². The fourth-order valence-corrected chi connectivity index (χ4v) is 17.9. The summed E-state index contributed by atoms with van der Waals surface area (Å²) in [6.45, 7) is 36.5. The molecule has 0 amide bonds. The van der Waals surface area contributed by atoms with Crippen molar-refractivity contribution in [3.63, 3.8) is 0 Å². The lowest BCUT2D eigenvalue weighted by atomic mass is 9.92. The van der Waals surface area contributed by atoms with Crippen LogP contribution in [0.15, 0.2) is 298 Å². The van der Waals surface area contributed by atoms with Gasteiger partial charge in [-0.25, -0.2) is 27.4 Å². The number of hydrogen-bond donors (Lipinski definition) is 0. The van der Waals surface area contributed by atoms with Crippen molar-refractivity contribution in [2.24, 2.45) is 42.3 Å². The van der Waals surface area contributed by atoms with E-state index < -0.39 is 0 Å². The molecule has 0 aliphatic carbocycles. The van der Waals surface area contributed by atoms with Gasteiger partial charge in [-0.2, -0.15) is 13.7 Å². The monoisotopic (exact) mass is 1570 g/mol. The van der Waals surface area contributed by atoms with E-state index in [2.05, 4.69) is 492 Å². The molecular weight excluding hydrogens is 1450 g/mol. The van der Waals surface area contributed by atoms with Gasteiger partial charge in [0.1, 0.15) is 63.0 Å². The molecule has 0 bridgehead atoms. The summed E-state index contributed by atoms with van der Waals surface area (Å²) in [5.74, 6) is 6.10. The van der Waals surface area contributed by atoms with Crippen molar-refractivity contribution >= 4 is 11.0 Å². The zero-order chi connectivity index (χ0) is 84.4. The van der Waals surface area contributed by atoms with Gasteiger partial charge >= 0.3 is 0 Å². The van der Waals surface area contributed by atoms with Crippen molar-refractivity contribution < 1.29 is 27.4 Å². The van der Waals surface area contributed by atoms with Crippen molar-refractivity contribution in [1.82, 2.24) is 13.7 Å². The number of imidazole rings is 3. The van der Waals surface area contributed by atoms with Gasteiger partial charge in [0.25, 0.3) is 17.5 Å². The standard InChI is InChI=1S/C39H41N3.C36H41N3.C35H39N3/c1-26(2)31-17-13-18-32(27(3)4)38(31)42-37-22-12-11-21-36(37)41(7)39(42)34-20-14-19-33(28(34)5)35-24-23-30(25-40(35)6)29-15-9-8-10-16-29;1-24(2)29-16-12-17-30(25(3)4)35(29)39-21-20-37(7)36(39)32-19-13-18-31(27(32)6)34-22-26(5)33(23-38(34)8)28-14-10-9-11-15-28;1-24(2)29-15-11-16-30(25(3)4)34(29)38-22-21-36(6)35(38)32-18-12-17-31(26(32)5)33-20-19-28(23-37(33)7)27-13-9-8-10-14-27/h8-27H,1-7H3;9-25H,1-8H3;8-25H,1-7H3/q3*+2. The van der Waals surface area contributed by atoms with Gasteiger partial charge in [0.15, 0.2) is 29.6 Å². The lowest BCUT2D eigenvalue weighted by Crippen LogP contribution is -2.32. The Morgan fingerprint density at radius 2 is 0.571 bits per heavy atom. The number of benzene rings is 10. The van der Waals surface area contributed by atoms with Gasteiger partial charge in [-0.15, -0.1) is 0 Å². The van der Waals surface area contributed by atoms with E-state index >= 15 is 0 Å². The van der Waals surface area contributed by atoms with Crippen molar-refractivity contribution in [2.45, 2.75) is 146 Å². The van der Waals surface area contributed by atoms with Crippen LogP contribution in [0.5, 0.6) is 0 Å². The fourth-order valence-electron chi connectivity index (χ4n) is 17.9. The van der Waals surface area contributed by atoms with E-state index in [-0.39, 0.29) is 0 Å². The van der Waals surface area contributed by atoms with E-state index in [0.29, 0.717) is 35.5 Å². The van der Waals surface area contributed by atoms with Gasteiger partial charge in [0.05, 0.1) is 37.8 Å². The van der Waals surface area contributed by atoms with Crippen LogP contribution in [-0.2, 0) is 42.3 Å². The van der Waals surface area contributed by atoms with Crippen LogP contribution in [0.4, 0.5) is 0 Å². The predicted octanol–water partition coefficient (Wildman–Crippen LogP) is 24.5. The lowest BCUT2D eigenvalue weighted by Gasteiger charge is -2.19. The minimum absolute atomic E-state index is 0.396. The maximum atomic E-state index is 2.53. The van der Waals surface area contributed by atoms with E-state index in [1.165, 1.54) is 185 Å². The Hall–Kier alpha value is -12.5.